The topological polar surface area (TPSA) is 0 Å². The number of hydrogen-bond donors (Lipinski definition) is 0. The summed E-state index contributed by atoms with van der Waals surface area (Å²) in [6, 6.07) is 23.1. The van der Waals surface area contributed by atoms with Gasteiger partial charge in [-0.3, -0.25) is 0 Å². The Labute approximate surface area is 300 Å². The predicted octanol–water partition coefficient (Wildman–Crippen LogP) is -0.596. The van der Waals surface area contributed by atoms with Crippen LogP contribution in [-0.4, -0.2) is 8.07 Å². The van der Waals surface area contributed by atoms with Crippen molar-refractivity contribution in [3.8, 4) is 0 Å². The van der Waals surface area contributed by atoms with Gasteiger partial charge in [0, 0.05) is 0 Å². The maximum absolute atomic E-state index is 2.62. The Morgan fingerprint density at radius 1 is 0.523 bits per heavy atom. The van der Waals surface area contributed by atoms with Crippen LogP contribution in [-0.2, 0) is 59.0 Å². The molecule has 0 heterocycles. The zero-order valence-electron chi connectivity index (χ0n) is 28.0. The third kappa shape index (κ3) is 8.45. The number of halogens is 3. The van der Waals surface area contributed by atoms with E-state index >= 15 is 0 Å². The first-order valence-corrected chi connectivity index (χ1v) is 19.2. The second-order valence-corrected chi connectivity index (χ2v) is 16.5. The molecule has 3 aromatic rings. The molecule has 44 heavy (non-hydrogen) atoms. The van der Waals surface area contributed by atoms with E-state index in [-0.39, 0.29) is 37.2 Å². The summed E-state index contributed by atoms with van der Waals surface area (Å²) >= 11 is 2.46. The molecule has 0 aromatic heterocycles. The van der Waals surface area contributed by atoms with E-state index in [2.05, 4.69) is 130 Å². The van der Waals surface area contributed by atoms with Crippen LogP contribution in [0.4, 0.5) is 0 Å². The Kier molecular flexibility index (Phi) is 17.6. The number of hydrogen-bond acceptors (Lipinski definition) is 0. The van der Waals surface area contributed by atoms with E-state index in [9.17, 15) is 0 Å². The van der Waals surface area contributed by atoms with Gasteiger partial charge in [-0.2, -0.15) is 0 Å². The van der Waals surface area contributed by atoms with Crippen LogP contribution in [0.15, 0.2) is 75.3 Å². The van der Waals surface area contributed by atoms with Gasteiger partial charge in [0.05, 0.1) is 0 Å². The van der Waals surface area contributed by atoms with Crippen LogP contribution in [0.5, 0.6) is 0 Å². The van der Waals surface area contributed by atoms with E-state index in [4.69, 9.17) is 0 Å². The molecule has 236 valence electrons. The number of rotatable bonds is 13. The van der Waals surface area contributed by atoms with Gasteiger partial charge < -0.3 is 37.2 Å². The SMILES string of the molecule is CCCCC1=CCC([Si](c2cc(CC)cc(CC)c2)(c2cc(CC)cc(CC)c2)c2cc(CC)cc(CC)c2)=[C]1[Ti+3].[Cl-].[Cl-].[Cl-]. The third-order valence-electron chi connectivity index (χ3n) is 9.33. The van der Waals surface area contributed by atoms with Gasteiger partial charge in [-0.05, 0) is 0 Å². The molecule has 1 aliphatic rings. The molecule has 0 unspecified atom stereocenters. The second-order valence-electron chi connectivity index (χ2n) is 11.9. The van der Waals surface area contributed by atoms with Crippen LogP contribution < -0.4 is 52.8 Å². The monoisotopic (exact) mass is 700 g/mol. The van der Waals surface area contributed by atoms with Crippen molar-refractivity contribution in [1.82, 2.24) is 0 Å². The Morgan fingerprint density at radius 3 is 1.11 bits per heavy atom. The molecule has 0 nitrogen and oxygen atoms in total. The molecule has 1 aliphatic carbocycles. The van der Waals surface area contributed by atoms with Gasteiger partial charge in [0.25, 0.3) is 0 Å². The van der Waals surface area contributed by atoms with Crippen molar-refractivity contribution in [3.05, 3.63) is 109 Å². The van der Waals surface area contributed by atoms with Crippen molar-refractivity contribution in [2.75, 3.05) is 0 Å². The van der Waals surface area contributed by atoms with Crippen molar-refractivity contribution in [2.45, 2.75) is 113 Å². The largest absolute Gasteiger partial charge is 1.00 e. The van der Waals surface area contributed by atoms with E-state index in [0.717, 1.165) is 44.9 Å². The number of allylic oxidation sites excluding steroid dienone is 4. The molecule has 0 N–H and O–H groups in total. The van der Waals surface area contributed by atoms with Gasteiger partial charge in [-0.25, -0.2) is 0 Å². The number of aryl methyl sites for hydroxylation is 6. The number of unbranched alkanes of at least 4 members (excludes halogenated alkanes) is 1. The fraction of sp³-hybridized carbons (Fsp3) is 0.436. The molecule has 0 spiro atoms. The summed E-state index contributed by atoms with van der Waals surface area (Å²) < 4.78 is 1.59. The Morgan fingerprint density at radius 2 is 0.841 bits per heavy atom. The molecule has 0 saturated heterocycles. The smallest absolute Gasteiger partial charge is 1.00 e. The van der Waals surface area contributed by atoms with Crippen molar-refractivity contribution in [1.29, 1.82) is 0 Å². The molecule has 0 fully saturated rings. The molecule has 0 radical (unpaired) electrons. The molecular weight excluding hydrogens is 651 g/mol. The van der Waals surface area contributed by atoms with E-state index in [1.165, 1.54) is 52.6 Å². The first kappa shape index (κ1) is 41.0. The van der Waals surface area contributed by atoms with Gasteiger partial charge in [0.2, 0.25) is 0 Å². The van der Waals surface area contributed by atoms with Crippen molar-refractivity contribution in [2.24, 2.45) is 0 Å². The van der Waals surface area contributed by atoms with Crippen molar-refractivity contribution < 1.29 is 57.7 Å². The molecule has 0 bridgehead atoms. The van der Waals surface area contributed by atoms with Crippen LogP contribution in [0.3, 0.4) is 0 Å². The van der Waals surface area contributed by atoms with Crippen LogP contribution >= 0.6 is 0 Å². The minimum absolute atomic E-state index is 0. The summed E-state index contributed by atoms with van der Waals surface area (Å²) in [5.41, 5.74) is 10.5. The van der Waals surface area contributed by atoms with Gasteiger partial charge in [0.1, 0.15) is 0 Å². The normalized spacial score (nSPS) is 12.8. The molecule has 0 amide bonds. The average Bonchev–Trinajstić information content (AvgIpc) is 3.39. The van der Waals surface area contributed by atoms with Crippen LogP contribution in [0.25, 0.3) is 0 Å². The molecule has 0 atom stereocenters. The van der Waals surface area contributed by atoms with E-state index in [1.807, 2.05) is 0 Å². The van der Waals surface area contributed by atoms with Gasteiger partial charge in [-0.1, -0.05) is 0 Å². The van der Waals surface area contributed by atoms with E-state index in [0.29, 0.717) is 0 Å². The molecule has 0 aliphatic heterocycles. The fourth-order valence-electron chi connectivity index (χ4n) is 6.74. The summed E-state index contributed by atoms with van der Waals surface area (Å²) in [4.78, 5) is 0. The summed E-state index contributed by atoms with van der Waals surface area (Å²) in [5, 5.41) is 6.51. The third-order valence-corrected chi connectivity index (χ3v) is 15.5. The summed E-state index contributed by atoms with van der Waals surface area (Å²) in [7, 11) is -2.59. The Bertz CT molecular complexity index is 1240. The second kappa shape index (κ2) is 18.9. The fourth-order valence-corrected chi connectivity index (χ4v) is 13.5. The quantitative estimate of drug-likeness (QED) is 0.165. The summed E-state index contributed by atoms with van der Waals surface area (Å²) in [6.45, 7) is 16.3. The minimum atomic E-state index is -2.59. The average molecular weight is 702 g/mol. The zero-order valence-corrected chi connectivity index (χ0v) is 32.8. The van der Waals surface area contributed by atoms with Gasteiger partial charge in [-0.15, -0.1) is 0 Å². The van der Waals surface area contributed by atoms with E-state index < -0.39 is 8.07 Å². The molecule has 0 saturated carbocycles. The summed E-state index contributed by atoms with van der Waals surface area (Å²) in [5.74, 6) is 0. The Hall–Kier alpha value is -1.06. The molecule has 3 aromatic carbocycles. The van der Waals surface area contributed by atoms with Crippen LogP contribution in [0.1, 0.15) is 108 Å². The van der Waals surface area contributed by atoms with E-state index in [1.54, 1.807) is 30.2 Å². The maximum atomic E-state index is 2.62. The van der Waals surface area contributed by atoms with Gasteiger partial charge in [0.15, 0.2) is 0 Å². The van der Waals surface area contributed by atoms with Gasteiger partial charge >= 0.3 is 265 Å². The first-order valence-electron chi connectivity index (χ1n) is 16.4. The Balaban J connectivity index is 0.00000323. The maximum Gasteiger partial charge on any atom is -1.00 e. The summed E-state index contributed by atoms with van der Waals surface area (Å²) in [6.07, 6.45) is 13.9. The van der Waals surface area contributed by atoms with Crippen LogP contribution in [0.2, 0.25) is 0 Å². The van der Waals surface area contributed by atoms with Crippen LogP contribution in [0, 0.1) is 0 Å². The first-order chi connectivity index (χ1) is 19.9. The molecule has 5 heteroatoms. The predicted molar refractivity (Wildman–Crippen MR) is 180 cm³/mol. The molecule has 4 rings (SSSR count). The zero-order chi connectivity index (χ0) is 29.6. The number of benzene rings is 3. The van der Waals surface area contributed by atoms with Crippen molar-refractivity contribution in [3.63, 3.8) is 0 Å². The minimum Gasteiger partial charge on any atom is -1.00 e. The molecular formula is C39H51Cl3SiTi. The van der Waals surface area contributed by atoms with Crippen molar-refractivity contribution >= 4 is 23.6 Å². The standard InChI is InChI=1S/C39H51Si.3ClH.Ti/c1-8-15-16-35-17-18-36(28-35)40(37-22-29(9-2)19-30(10-3)23-37,38-24-31(11-4)20-32(12-5)25-38)39-26-33(13-6)21-34(14-7)27-39;;;;/h17,19-27H,8-16,18H2,1-7H3;3*1H;/q;;;;+3/p-3.